The summed E-state index contributed by atoms with van der Waals surface area (Å²) in [5.74, 6) is 0.0251. The highest BCUT2D eigenvalue weighted by atomic mass is 32.2. The Bertz CT molecular complexity index is 216. The van der Waals surface area contributed by atoms with Crippen LogP contribution in [-0.2, 0) is 14.9 Å². The summed E-state index contributed by atoms with van der Waals surface area (Å²) < 4.78 is 22.3. The van der Waals surface area contributed by atoms with Crippen LogP contribution in [0.5, 0.6) is 0 Å². The van der Waals surface area contributed by atoms with Gasteiger partial charge in [0.15, 0.2) is 9.84 Å². The lowest BCUT2D eigenvalue weighted by atomic mass is 10.1. The van der Waals surface area contributed by atoms with Crippen LogP contribution in [0.25, 0.3) is 0 Å². The van der Waals surface area contributed by atoms with E-state index in [2.05, 4.69) is 0 Å². The summed E-state index contributed by atoms with van der Waals surface area (Å²) in [6.07, 6.45) is 0.819. The molecule has 3 nitrogen and oxygen atoms in total. The lowest BCUT2D eigenvalue weighted by Gasteiger charge is -2.22. The first-order valence-corrected chi connectivity index (χ1v) is 5.83. The molecule has 12 heavy (non-hydrogen) atoms. The molecule has 73 valence electrons. The normalized spacial score (nSPS) is 13.3. The molecular weight excluding hydrogens is 176 g/mol. The third kappa shape index (κ3) is 2.75. The van der Waals surface area contributed by atoms with Crippen molar-refractivity contribution in [3.63, 3.8) is 0 Å². The van der Waals surface area contributed by atoms with Gasteiger partial charge in [0.05, 0.1) is 17.1 Å². The molecule has 0 fully saturated rings. The van der Waals surface area contributed by atoms with Crippen LogP contribution in [0.3, 0.4) is 0 Å². The molecule has 0 bridgehead atoms. The minimum absolute atomic E-state index is 0.0251. The molecule has 0 amide bonds. The Kier molecular flexibility index (Phi) is 4.20. The van der Waals surface area contributed by atoms with E-state index in [-0.39, 0.29) is 18.8 Å². The van der Waals surface area contributed by atoms with Gasteiger partial charge >= 0.3 is 0 Å². The van der Waals surface area contributed by atoms with Crippen molar-refractivity contribution in [2.75, 3.05) is 12.4 Å². The third-order valence-electron chi connectivity index (χ3n) is 2.25. The fourth-order valence-electron chi connectivity index (χ4n) is 0.745. The maximum absolute atomic E-state index is 11.5. The Morgan fingerprint density at radius 3 is 2.08 bits per heavy atom. The molecule has 0 aromatic rings. The first-order chi connectivity index (χ1) is 5.37. The van der Waals surface area contributed by atoms with E-state index in [9.17, 15) is 13.5 Å². The van der Waals surface area contributed by atoms with Gasteiger partial charge in [0, 0.05) is 0 Å². The Labute approximate surface area is 74.7 Å². The topological polar surface area (TPSA) is 54.0 Å². The summed E-state index contributed by atoms with van der Waals surface area (Å²) >= 11 is 0. The fraction of sp³-hybridized carbons (Fsp3) is 1.00. The van der Waals surface area contributed by atoms with E-state index in [0.717, 1.165) is 0 Å². The fourth-order valence-corrected chi connectivity index (χ4v) is 2.24. The van der Waals surface area contributed by atoms with E-state index in [1.54, 1.807) is 13.8 Å². The van der Waals surface area contributed by atoms with Crippen molar-refractivity contribution in [1.29, 1.82) is 0 Å². The quantitative estimate of drug-likeness (QED) is 0.663. The molecule has 0 unspecified atom stereocenters. The van der Waals surface area contributed by atoms with Crippen LogP contribution < -0.4 is 0 Å². The number of sulfone groups is 1. The Balaban J connectivity index is 4.40. The standard InChI is InChI=1S/C8H17O3S/c1-4-8(2,3)12(10,11)7-5-6-9/h4-7H2,1-3H3. The zero-order valence-corrected chi connectivity index (χ0v) is 8.78. The molecule has 0 N–H and O–H groups in total. The molecule has 0 heterocycles. The average molecular weight is 193 g/mol. The molecule has 0 spiro atoms. The van der Waals surface area contributed by atoms with Crippen molar-refractivity contribution in [1.82, 2.24) is 0 Å². The molecule has 0 rings (SSSR count). The van der Waals surface area contributed by atoms with E-state index < -0.39 is 14.6 Å². The molecule has 1 radical (unpaired) electrons. The van der Waals surface area contributed by atoms with Crippen LogP contribution in [0.2, 0.25) is 0 Å². The average Bonchev–Trinajstić information content (AvgIpc) is 2.00. The molecule has 0 aliphatic rings. The van der Waals surface area contributed by atoms with Gasteiger partial charge in [-0.05, 0) is 26.7 Å². The lowest BCUT2D eigenvalue weighted by Crippen LogP contribution is -2.33. The molecule has 0 saturated carbocycles. The van der Waals surface area contributed by atoms with E-state index >= 15 is 0 Å². The molecule has 0 saturated heterocycles. The second kappa shape index (κ2) is 4.23. The predicted octanol–water partition coefficient (Wildman–Crippen LogP) is 1.41. The van der Waals surface area contributed by atoms with Crippen molar-refractivity contribution in [2.45, 2.75) is 38.4 Å². The third-order valence-corrected chi connectivity index (χ3v) is 5.05. The van der Waals surface area contributed by atoms with Gasteiger partial charge in [-0.25, -0.2) is 13.5 Å². The number of hydrogen-bond donors (Lipinski definition) is 0. The monoisotopic (exact) mass is 193 g/mol. The summed E-state index contributed by atoms with van der Waals surface area (Å²) in [5.41, 5.74) is 0. The summed E-state index contributed by atoms with van der Waals surface area (Å²) in [5, 5.41) is 10.1. The van der Waals surface area contributed by atoms with Gasteiger partial charge in [0.1, 0.15) is 0 Å². The van der Waals surface area contributed by atoms with Crippen LogP contribution in [0.4, 0.5) is 0 Å². The van der Waals surface area contributed by atoms with Gasteiger partial charge in [-0.15, -0.1) is 0 Å². The highest BCUT2D eigenvalue weighted by Gasteiger charge is 2.31. The first kappa shape index (κ1) is 11.9. The number of rotatable bonds is 5. The zero-order valence-electron chi connectivity index (χ0n) is 7.96. The Morgan fingerprint density at radius 1 is 1.25 bits per heavy atom. The predicted molar refractivity (Wildman–Crippen MR) is 48.3 cm³/mol. The minimum Gasteiger partial charge on any atom is -0.237 e. The number of hydrogen-bond acceptors (Lipinski definition) is 2. The van der Waals surface area contributed by atoms with Gasteiger partial charge in [-0.3, -0.25) is 0 Å². The van der Waals surface area contributed by atoms with Crippen LogP contribution in [-0.4, -0.2) is 25.5 Å². The molecule has 0 atom stereocenters. The van der Waals surface area contributed by atoms with E-state index in [4.69, 9.17) is 0 Å². The van der Waals surface area contributed by atoms with Crippen LogP contribution in [0, 0.1) is 0 Å². The molecule has 0 aliphatic carbocycles. The van der Waals surface area contributed by atoms with Crippen molar-refractivity contribution in [3.05, 3.63) is 0 Å². The van der Waals surface area contributed by atoms with E-state index in [0.29, 0.717) is 6.42 Å². The van der Waals surface area contributed by atoms with Gasteiger partial charge in [-0.2, -0.15) is 0 Å². The van der Waals surface area contributed by atoms with E-state index in [1.165, 1.54) is 0 Å². The van der Waals surface area contributed by atoms with Gasteiger partial charge in [-0.1, -0.05) is 6.92 Å². The molecule has 4 heteroatoms. The van der Waals surface area contributed by atoms with Crippen LogP contribution in [0.1, 0.15) is 33.6 Å². The van der Waals surface area contributed by atoms with Crippen LogP contribution >= 0.6 is 0 Å². The van der Waals surface area contributed by atoms with Gasteiger partial charge in [0.25, 0.3) is 0 Å². The summed E-state index contributed by atoms with van der Waals surface area (Å²) in [4.78, 5) is 0. The SMILES string of the molecule is CCC(C)(C)S(=O)(=O)CCC[O]. The van der Waals surface area contributed by atoms with Gasteiger partial charge < -0.3 is 0 Å². The molecule has 0 aliphatic heterocycles. The summed E-state index contributed by atoms with van der Waals surface area (Å²) in [7, 11) is -3.07. The molecular formula is C8H17O3S. The highest BCUT2D eigenvalue weighted by molar-refractivity contribution is 7.92. The van der Waals surface area contributed by atoms with Crippen molar-refractivity contribution < 1.29 is 13.5 Å². The molecule has 0 aromatic carbocycles. The lowest BCUT2D eigenvalue weighted by molar-refractivity contribution is 0.194. The Hall–Kier alpha value is -0.0900. The van der Waals surface area contributed by atoms with Crippen molar-refractivity contribution in [2.24, 2.45) is 0 Å². The van der Waals surface area contributed by atoms with Crippen molar-refractivity contribution >= 4 is 9.84 Å². The largest absolute Gasteiger partial charge is 0.237 e. The minimum atomic E-state index is -3.07. The van der Waals surface area contributed by atoms with Crippen LogP contribution in [0.15, 0.2) is 0 Å². The second-order valence-electron chi connectivity index (χ2n) is 3.49. The maximum Gasteiger partial charge on any atom is 0.155 e. The van der Waals surface area contributed by atoms with E-state index in [1.807, 2.05) is 6.92 Å². The smallest absolute Gasteiger partial charge is 0.155 e. The van der Waals surface area contributed by atoms with Gasteiger partial charge in [0.2, 0.25) is 0 Å². The highest BCUT2D eigenvalue weighted by Crippen LogP contribution is 2.21. The Morgan fingerprint density at radius 2 is 1.75 bits per heavy atom. The maximum atomic E-state index is 11.5. The zero-order chi connectivity index (χ0) is 9.83. The second-order valence-corrected chi connectivity index (χ2v) is 6.23. The summed E-state index contributed by atoms with van der Waals surface area (Å²) in [6, 6.07) is 0. The first-order valence-electron chi connectivity index (χ1n) is 4.18. The van der Waals surface area contributed by atoms with Crippen molar-refractivity contribution in [3.8, 4) is 0 Å². The summed E-state index contributed by atoms with van der Waals surface area (Å²) in [6.45, 7) is 4.94. The molecule has 0 aromatic heterocycles.